The Morgan fingerprint density at radius 2 is 1.56 bits per heavy atom. The average molecular weight is 770 g/mol. The maximum atomic E-state index is 13.7. The standard InChI is InChI=1S/C37H40BCl2N3O8S/c1-47-26-9-5-23(6-10-26)20-49-29-14-13-28(30(39)33(29)50-21-24-7-11-27(48-2)12-8-24)34(44)41-15-18-43(16-3-4-17-43)19-25-22-52-36-31(40)35(45)42(36)32(25)37(46)51-38/h5-14,31,36H,3-4,15-22,38H2,1-2H3/p+1/t31-,36-/m1/s1. The zero-order valence-corrected chi connectivity index (χ0v) is 31.7. The van der Waals surface area contributed by atoms with E-state index < -0.39 is 11.3 Å². The van der Waals surface area contributed by atoms with Crippen molar-refractivity contribution in [2.24, 2.45) is 0 Å². The van der Waals surface area contributed by atoms with E-state index in [1.54, 1.807) is 38.1 Å². The number of fused-ring (bicyclic) bond motifs is 1. The minimum Gasteiger partial charge on any atom is -0.539 e. The number of benzene rings is 3. The topological polar surface area (TPSA) is 113 Å². The Kier molecular flexibility index (Phi) is 12.1. The summed E-state index contributed by atoms with van der Waals surface area (Å²) in [6, 6.07) is 18.3. The van der Waals surface area contributed by atoms with E-state index in [0.29, 0.717) is 41.3 Å². The zero-order chi connectivity index (χ0) is 36.8. The average Bonchev–Trinajstić information content (AvgIpc) is 3.64. The molecule has 274 valence electrons. The van der Waals surface area contributed by atoms with Crippen molar-refractivity contribution >= 4 is 60.8 Å². The van der Waals surface area contributed by atoms with Crippen molar-refractivity contribution in [2.45, 2.75) is 36.8 Å². The molecule has 2 atom stereocenters. The van der Waals surface area contributed by atoms with Gasteiger partial charge in [0.05, 0.1) is 51.0 Å². The first-order chi connectivity index (χ1) is 25.2. The Balaban J connectivity index is 1.17. The second-order valence-corrected chi connectivity index (χ2v) is 14.9. The highest BCUT2D eigenvalue weighted by Crippen LogP contribution is 2.44. The number of β-lactam (4-membered cyclic amide) rings is 1. The first-order valence-corrected chi connectivity index (χ1v) is 18.9. The van der Waals surface area contributed by atoms with Gasteiger partial charge in [-0.25, -0.2) is 4.79 Å². The predicted octanol–water partition coefficient (Wildman–Crippen LogP) is 4.72. The molecule has 2 fully saturated rings. The van der Waals surface area contributed by atoms with Crippen molar-refractivity contribution in [1.82, 2.24) is 10.2 Å². The summed E-state index contributed by atoms with van der Waals surface area (Å²) in [5, 5.41) is 2.28. The van der Waals surface area contributed by atoms with Gasteiger partial charge >= 0.3 is 14.0 Å². The fourth-order valence-electron chi connectivity index (χ4n) is 6.81. The number of nitrogens with one attached hydrogen (secondary N) is 1. The van der Waals surface area contributed by atoms with E-state index in [1.807, 2.05) is 48.5 Å². The number of halogens is 2. The molecular weight excluding hydrogens is 728 g/mol. The van der Waals surface area contributed by atoms with Crippen LogP contribution in [0.5, 0.6) is 23.0 Å². The second kappa shape index (κ2) is 16.8. The van der Waals surface area contributed by atoms with Crippen molar-refractivity contribution < 1.29 is 42.5 Å². The van der Waals surface area contributed by atoms with Gasteiger partial charge in [0.25, 0.3) is 5.91 Å². The number of likely N-dealkylation sites (tertiary alicyclic amines) is 1. The van der Waals surface area contributed by atoms with Crippen molar-refractivity contribution in [3.63, 3.8) is 0 Å². The summed E-state index contributed by atoms with van der Waals surface area (Å²) in [6.45, 7) is 3.78. The minimum absolute atomic E-state index is 0.141. The van der Waals surface area contributed by atoms with E-state index in [0.717, 1.165) is 54.1 Å². The van der Waals surface area contributed by atoms with Crippen LogP contribution in [0.15, 0.2) is 71.9 Å². The fraction of sp³-hybridized carbons (Fsp3) is 0.378. The van der Waals surface area contributed by atoms with Gasteiger partial charge in [0, 0.05) is 24.2 Å². The van der Waals surface area contributed by atoms with Crippen molar-refractivity contribution in [1.29, 1.82) is 0 Å². The van der Waals surface area contributed by atoms with Gasteiger partial charge in [0.2, 0.25) is 5.91 Å². The molecule has 3 aliphatic rings. The lowest BCUT2D eigenvalue weighted by molar-refractivity contribution is -0.911. The van der Waals surface area contributed by atoms with Gasteiger partial charge in [-0.05, 0) is 47.5 Å². The van der Waals surface area contributed by atoms with E-state index in [9.17, 15) is 14.4 Å². The first kappa shape index (κ1) is 37.7. The predicted molar refractivity (Wildman–Crippen MR) is 202 cm³/mol. The summed E-state index contributed by atoms with van der Waals surface area (Å²) >= 11 is 14.7. The number of methoxy groups -OCH3 is 2. The highest BCUT2D eigenvalue weighted by Gasteiger charge is 2.53. The monoisotopic (exact) mass is 768 g/mol. The quantitative estimate of drug-likeness (QED) is 0.102. The summed E-state index contributed by atoms with van der Waals surface area (Å²) in [5.41, 5.74) is 3.23. The van der Waals surface area contributed by atoms with Crippen LogP contribution in [-0.2, 0) is 27.5 Å². The number of rotatable bonds is 15. The van der Waals surface area contributed by atoms with Crippen LogP contribution in [0.1, 0.15) is 34.3 Å². The van der Waals surface area contributed by atoms with Crippen molar-refractivity contribution in [2.75, 3.05) is 52.7 Å². The van der Waals surface area contributed by atoms with E-state index in [-0.39, 0.29) is 46.7 Å². The molecule has 0 spiro atoms. The summed E-state index contributed by atoms with van der Waals surface area (Å²) in [5.74, 6) is 1.56. The molecule has 3 aromatic carbocycles. The number of thioether (sulfide) groups is 1. The molecular formula is C37H41BCl2N3O8S+. The molecule has 0 saturated carbocycles. The number of ether oxygens (including phenoxy) is 4. The van der Waals surface area contributed by atoms with Crippen LogP contribution in [0.3, 0.4) is 0 Å². The molecule has 3 aromatic rings. The van der Waals surface area contributed by atoms with Crippen molar-refractivity contribution in [3.05, 3.63) is 93.6 Å². The van der Waals surface area contributed by atoms with E-state index >= 15 is 0 Å². The van der Waals surface area contributed by atoms with Gasteiger partial charge in [0.15, 0.2) is 11.5 Å². The molecule has 52 heavy (non-hydrogen) atoms. The second-order valence-electron chi connectivity index (χ2n) is 12.9. The zero-order valence-electron chi connectivity index (χ0n) is 29.3. The maximum Gasteiger partial charge on any atom is 0.337 e. The third kappa shape index (κ3) is 8.12. The van der Waals surface area contributed by atoms with Gasteiger partial charge < -0.3 is 33.4 Å². The Hall–Kier alpha value is -4.04. The Morgan fingerprint density at radius 3 is 2.15 bits per heavy atom. The van der Waals surface area contributed by atoms with Gasteiger partial charge in [-0.15, -0.1) is 23.4 Å². The third-order valence-electron chi connectivity index (χ3n) is 9.68. The molecule has 11 nitrogen and oxygen atoms in total. The van der Waals surface area contributed by atoms with Crippen molar-refractivity contribution in [3.8, 4) is 23.0 Å². The highest BCUT2D eigenvalue weighted by molar-refractivity contribution is 8.00. The molecule has 2 amide bonds. The largest absolute Gasteiger partial charge is 0.539 e. The van der Waals surface area contributed by atoms with Gasteiger partial charge in [-0.1, -0.05) is 35.9 Å². The van der Waals surface area contributed by atoms with Gasteiger partial charge in [-0.3, -0.25) is 14.5 Å². The molecule has 0 radical (unpaired) electrons. The highest BCUT2D eigenvalue weighted by atomic mass is 35.5. The smallest absolute Gasteiger partial charge is 0.337 e. The van der Waals surface area contributed by atoms with Crippen LogP contribution < -0.4 is 24.3 Å². The first-order valence-electron chi connectivity index (χ1n) is 17.0. The summed E-state index contributed by atoms with van der Waals surface area (Å²) in [4.78, 5) is 40.7. The lowest BCUT2D eigenvalue weighted by Gasteiger charge is -2.48. The number of alkyl halides is 1. The molecule has 0 bridgehead atoms. The minimum atomic E-state index is -0.648. The van der Waals surface area contributed by atoms with Crippen LogP contribution in [0, 0.1) is 0 Å². The number of nitrogens with zero attached hydrogens (tertiary/aromatic N) is 2. The number of quaternary nitrogens is 1. The Morgan fingerprint density at radius 1 is 0.942 bits per heavy atom. The van der Waals surface area contributed by atoms with E-state index in [2.05, 4.69) is 5.32 Å². The molecule has 15 heteroatoms. The van der Waals surface area contributed by atoms with Crippen LogP contribution in [0.2, 0.25) is 5.02 Å². The number of carbonyl (C=O) groups excluding carboxylic acids is 3. The molecule has 3 aliphatic heterocycles. The third-order valence-corrected chi connectivity index (χ3v) is 12.0. The molecule has 0 unspecified atom stereocenters. The van der Waals surface area contributed by atoms with Gasteiger partial charge in [0.1, 0.15) is 47.7 Å². The number of amides is 2. The normalized spacial score (nSPS) is 19.0. The summed E-state index contributed by atoms with van der Waals surface area (Å²) < 4.78 is 28.7. The summed E-state index contributed by atoms with van der Waals surface area (Å²) in [7, 11) is 4.54. The fourth-order valence-corrected chi connectivity index (χ4v) is 8.78. The maximum absolute atomic E-state index is 13.7. The van der Waals surface area contributed by atoms with Crippen LogP contribution in [0.4, 0.5) is 0 Å². The van der Waals surface area contributed by atoms with Gasteiger partial charge in [-0.2, -0.15) is 0 Å². The van der Waals surface area contributed by atoms with Crippen LogP contribution in [-0.4, -0.2) is 98.7 Å². The Bertz CT molecular complexity index is 1820. The Labute approximate surface area is 318 Å². The van der Waals surface area contributed by atoms with Crippen LogP contribution in [0.25, 0.3) is 0 Å². The lowest BCUT2D eigenvalue weighted by Crippen LogP contribution is -2.63. The number of carbonyl (C=O) groups is 3. The molecule has 0 aliphatic carbocycles. The summed E-state index contributed by atoms with van der Waals surface area (Å²) in [6.07, 6.45) is 2.05. The number of hydrogen-bond acceptors (Lipinski definition) is 9. The lowest BCUT2D eigenvalue weighted by atomic mass is 10.1. The molecule has 1 N–H and O–H groups in total. The SMILES string of the molecule is BOC(=O)C1=C(C[N+]2(CCNC(=O)c3ccc(OCc4ccc(OC)cc4)c(OCc4ccc(OC)cc4)c3Cl)CCCC2)CS[C@@H]2[C@H](Cl)C(=O)N12. The van der Waals surface area contributed by atoms with Crippen LogP contribution >= 0.6 is 35.0 Å². The van der Waals surface area contributed by atoms with E-state index in [4.69, 9.17) is 46.8 Å². The molecule has 0 aromatic heterocycles. The molecule has 2 saturated heterocycles. The molecule has 6 rings (SSSR count). The van der Waals surface area contributed by atoms with E-state index in [1.165, 1.54) is 12.9 Å². The number of hydrogen-bond donors (Lipinski definition) is 1. The molecule has 3 heterocycles.